The number of nitrogens with zero attached hydrogens (tertiary/aromatic N) is 2. The Labute approximate surface area is 295 Å². The Bertz CT molecular complexity index is 2900. The van der Waals surface area contributed by atoms with E-state index in [1.54, 1.807) is 0 Å². The van der Waals surface area contributed by atoms with Crippen molar-refractivity contribution >= 4 is 64.6 Å². The van der Waals surface area contributed by atoms with E-state index in [1.165, 1.54) is 75.8 Å². The molecule has 0 atom stereocenters. The lowest BCUT2D eigenvalue weighted by atomic mass is 9.83. The fraction of sp³-hybridized carbons (Fsp3) is 0.0612. The third-order valence-electron chi connectivity index (χ3n) is 11.4. The highest BCUT2D eigenvalue weighted by molar-refractivity contribution is 6.21. The highest BCUT2D eigenvalue weighted by Gasteiger charge is 2.38. The highest BCUT2D eigenvalue weighted by atomic mass is 14.8. The Morgan fingerprint density at radius 2 is 0.745 bits per heavy atom. The first-order valence-electron chi connectivity index (χ1n) is 17.7. The molecule has 1 aliphatic rings. The number of hydrogen-bond acceptors (Lipinski definition) is 2. The molecule has 51 heavy (non-hydrogen) atoms. The molecule has 1 aliphatic carbocycles. The molecule has 0 fully saturated rings. The van der Waals surface area contributed by atoms with Crippen LogP contribution in [0, 0.1) is 0 Å². The van der Waals surface area contributed by atoms with E-state index in [-0.39, 0.29) is 5.41 Å². The number of pyridine rings is 2. The molecule has 0 amide bonds. The summed E-state index contributed by atoms with van der Waals surface area (Å²) in [6.45, 7) is 4.58. The summed E-state index contributed by atoms with van der Waals surface area (Å²) < 4.78 is 0. The molecule has 0 radical (unpaired) electrons. The van der Waals surface area contributed by atoms with Gasteiger partial charge >= 0.3 is 0 Å². The number of hydrogen-bond donors (Lipinski definition) is 0. The van der Waals surface area contributed by atoms with Gasteiger partial charge in [-0.05, 0) is 100 Å². The van der Waals surface area contributed by atoms with Crippen molar-refractivity contribution in [3.63, 3.8) is 0 Å². The second-order valence-corrected chi connectivity index (χ2v) is 14.6. The van der Waals surface area contributed by atoms with Gasteiger partial charge in [0.1, 0.15) is 0 Å². The molecule has 0 saturated carbocycles. The number of fused-ring (bicyclic) bond motifs is 13. The third kappa shape index (κ3) is 4.11. The van der Waals surface area contributed by atoms with Crippen molar-refractivity contribution in [3.05, 3.63) is 169 Å². The fourth-order valence-electron chi connectivity index (χ4n) is 8.74. The zero-order chi connectivity index (χ0) is 33.8. The molecule has 0 saturated heterocycles. The molecule has 2 aromatic heterocycles. The monoisotopic (exact) mass is 648 g/mol. The van der Waals surface area contributed by atoms with Crippen LogP contribution in [-0.2, 0) is 5.41 Å². The minimum atomic E-state index is -0.186. The Kier molecular flexibility index (Phi) is 5.76. The van der Waals surface area contributed by atoms with Crippen LogP contribution >= 0.6 is 0 Å². The molecule has 2 nitrogen and oxygen atoms in total. The van der Waals surface area contributed by atoms with Crippen LogP contribution in [0.3, 0.4) is 0 Å². The van der Waals surface area contributed by atoms with Gasteiger partial charge in [0.25, 0.3) is 0 Å². The summed E-state index contributed by atoms with van der Waals surface area (Å²) in [6, 6.07) is 57.7. The van der Waals surface area contributed by atoms with Crippen molar-refractivity contribution in [2.75, 3.05) is 0 Å². The fourth-order valence-corrected chi connectivity index (χ4v) is 8.74. The molecular weight excluding hydrogens is 617 g/mol. The minimum Gasteiger partial charge on any atom is -0.246 e. The molecule has 2 heteroatoms. The van der Waals surface area contributed by atoms with E-state index in [1.807, 2.05) is 0 Å². The van der Waals surface area contributed by atoms with E-state index >= 15 is 0 Å². The maximum absolute atomic E-state index is 5.36. The van der Waals surface area contributed by atoms with Crippen molar-refractivity contribution < 1.29 is 0 Å². The van der Waals surface area contributed by atoms with E-state index < -0.39 is 0 Å². The Hall–Kier alpha value is -6.38. The van der Waals surface area contributed by atoms with Gasteiger partial charge in [-0.25, -0.2) is 9.97 Å². The van der Waals surface area contributed by atoms with Crippen LogP contribution in [0.4, 0.5) is 0 Å². The summed E-state index contributed by atoms with van der Waals surface area (Å²) in [6.07, 6.45) is 0. The average molecular weight is 649 g/mol. The quantitative estimate of drug-likeness (QED) is 0.174. The van der Waals surface area contributed by atoms with Crippen molar-refractivity contribution in [2.45, 2.75) is 19.3 Å². The largest absolute Gasteiger partial charge is 0.246 e. The molecule has 10 aromatic rings. The predicted octanol–water partition coefficient (Wildman–Crippen LogP) is 13.0. The zero-order valence-electron chi connectivity index (χ0n) is 28.4. The van der Waals surface area contributed by atoms with Crippen molar-refractivity contribution in [1.82, 2.24) is 9.97 Å². The zero-order valence-corrected chi connectivity index (χ0v) is 28.4. The predicted molar refractivity (Wildman–Crippen MR) is 216 cm³/mol. The van der Waals surface area contributed by atoms with Gasteiger partial charge in [-0.3, -0.25) is 0 Å². The first-order valence-corrected chi connectivity index (χ1v) is 17.7. The molecule has 0 bridgehead atoms. The van der Waals surface area contributed by atoms with Crippen LogP contribution in [0.5, 0.6) is 0 Å². The Balaban J connectivity index is 1.03. The molecule has 11 rings (SSSR count). The molecule has 8 aromatic carbocycles. The molecule has 238 valence electrons. The van der Waals surface area contributed by atoms with Crippen LogP contribution < -0.4 is 0 Å². The van der Waals surface area contributed by atoms with Crippen molar-refractivity contribution in [1.29, 1.82) is 0 Å². The highest BCUT2D eigenvalue weighted by Crippen LogP contribution is 2.48. The summed E-state index contributed by atoms with van der Waals surface area (Å²) in [4.78, 5) is 10.7. The first kappa shape index (κ1) is 28.5. The lowest BCUT2D eigenvalue weighted by molar-refractivity contribution is 0.658. The van der Waals surface area contributed by atoms with Gasteiger partial charge in [-0.2, -0.15) is 0 Å². The molecule has 0 aliphatic heterocycles. The number of aromatic nitrogens is 2. The van der Waals surface area contributed by atoms with E-state index in [4.69, 9.17) is 9.97 Å². The van der Waals surface area contributed by atoms with Crippen LogP contribution in [0.1, 0.15) is 25.0 Å². The van der Waals surface area contributed by atoms with Gasteiger partial charge < -0.3 is 0 Å². The molecule has 0 N–H and O–H groups in total. The van der Waals surface area contributed by atoms with E-state index in [9.17, 15) is 0 Å². The molecular formula is C49H32N2. The number of benzene rings is 8. The van der Waals surface area contributed by atoms with Crippen molar-refractivity contribution in [3.8, 4) is 33.9 Å². The maximum Gasteiger partial charge on any atom is 0.0937 e. The topological polar surface area (TPSA) is 25.8 Å². The second-order valence-electron chi connectivity index (χ2n) is 14.6. The summed E-state index contributed by atoms with van der Waals surface area (Å²) in [5.74, 6) is 0. The summed E-state index contributed by atoms with van der Waals surface area (Å²) in [5.41, 5.74) is 8.39. The Morgan fingerprint density at radius 1 is 0.353 bits per heavy atom. The van der Waals surface area contributed by atoms with Crippen LogP contribution in [0.25, 0.3) is 98.5 Å². The van der Waals surface area contributed by atoms with Gasteiger partial charge in [-0.15, -0.1) is 0 Å². The SMILES string of the molecule is CC1(C)c2ccc(-c3ccc4c(ccc5ccc6ccccc6c54)c3)nc2-c2nc(-c3ccc4c(ccc5ccc6ccccc6c54)c3)ccc21. The lowest BCUT2D eigenvalue weighted by Gasteiger charge is -2.20. The van der Waals surface area contributed by atoms with Crippen molar-refractivity contribution in [2.24, 2.45) is 0 Å². The van der Waals surface area contributed by atoms with E-state index in [0.29, 0.717) is 0 Å². The van der Waals surface area contributed by atoms with Gasteiger partial charge in [0.05, 0.1) is 22.8 Å². The third-order valence-corrected chi connectivity index (χ3v) is 11.4. The van der Waals surface area contributed by atoms with Crippen LogP contribution in [-0.4, -0.2) is 9.97 Å². The van der Waals surface area contributed by atoms with E-state index in [2.05, 4.69) is 172 Å². The smallest absolute Gasteiger partial charge is 0.0937 e. The average Bonchev–Trinajstić information content (AvgIpc) is 3.41. The van der Waals surface area contributed by atoms with E-state index in [0.717, 1.165) is 33.9 Å². The molecule has 0 unspecified atom stereocenters. The summed E-state index contributed by atoms with van der Waals surface area (Å²) in [5, 5.41) is 15.2. The van der Waals surface area contributed by atoms with Gasteiger partial charge in [0, 0.05) is 16.5 Å². The Morgan fingerprint density at radius 3 is 1.22 bits per heavy atom. The minimum absolute atomic E-state index is 0.186. The van der Waals surface area contributed by atoms with Gasteiger partial charge in [0.2, 0.25) is 0 Å². The lowest BCUT2D eigenvalue weighted by Crippen LogP contribution is -2.15. The van der Waals surface area contributed by atoms with Gasteiger partial charge in [-0.1, -0.05) is 147 Å². The summed E-state index contributed by atoms with van der Waals surface area (Å²) in [7, 11) is 0. The normalized spacial score (nSPS) is 13.5. The van der Waals surface area contributed by atoms with Crippen LogP contribution in [0.2, 0.25) is 0 Å². The van der Waals surface area contributed by atoms with Crippen LogP contribution in [0.15, 0.2) is 158 Å². The maximum atomic E-state index is 5.36. The second kappa shape index (κ2) is 10.3. The first-order chi connectivity index (χ1) is 25.0. The van der Waals surface area contributed by atoms with Gasteiger partial charge in [0.15, 0.2) is 0 Å². The molecule has 0 spiro atoms. The standard InChI is InChI=1S/C49H32N2/c1-49(2)41-23-25-43(35-19-21-39-33(27-35)17-15-31-13-11-29-7-3-5-9-37(29)45(31)39)50-47(41)48-42(49)24-26-44(51-48)36-20-22-40-34(28-36)18-16-32-14-12-30-8-4-6-10-38(30)46(32)40/h3-28H,1-2H3. The molecule has 2 heterocycles. The summed E-state index contributed by atoms with van der Waals surface area (Å²) >= 11 is 0. The number of rotatable bonds is 2.